The summed E-state index contributed by atoms with van der Waals surface area (Å²) in [6, 6.07) is 9.04. The van der Waals surface area contributed by atoms with Gasteiger partial charge in [-0.3, -0.25) is 0 Å². The second kappa shape index (κ2) is 5.04. The number of aryl methyl sites for hydroxylation is 1. The van der Waals surface area contributed by atoms with Gasteiger partial charge in [0.15, 0.2) is 0 Å². The molecule has 0 aliphatic carbocycles. The van der Waals surface area contributed by atoms with Gasteiger partial charge >= 0.3 is 6.18 Å². The van der Waals surface area contributed by atoms with Crippen LogP contribution in [-0.4, -0.2) is 9.97 Å². The van der Waals surface area contributed by atoms with Crippen LogP contribution in [0.25, 0.3) is 22.0 Å². The van der Waals surface area contributed by atoms with Crippen molar-refractivity contribution >= 4 is 11.3 Å². The van der Waals surface area contributed by atoms with Gasteiger partial charge in [-0.05, 0) is 30.5 Å². The molecule has 2 heterocycles. The molecule has 3 rings (SSSR count). The van der Waals surface area contributed by atoms with Gasteiger partial charge in [-0.1, -0.05) is 18.2 Å². The maximum Gasteiger partial charge on any atom is 0.416 e. The summed E-state index contributed by atoms with van der Waals surface area (Å²) >= 11 is 1.53. The van der Waals surface area contributed by atoms with E-state index < -0.39 is 11.7 Å². The number of H-pyrrole nitrogens is 1. The van der Waals surface area contributed by atoms with Crippen LogP contribution in [0.1, 0.15) is 11.3 Å². The van der Waals surface area contributed by atoms with Crippen molar-refractivity contribution in [3.8, 4) is 22.0 Å². The number of hydrogen-bond donors (Lipinski definition) is 1. The number of thiophene rings is 1. The summed E-state index contributed by atoms with van der Waals surface area (Å²) in [5.74, 6) is 0.676. The third kappa shape index (κ3) is 2.71. The Bertz CT molecular complexity index is 758. The molecule has 0 radical (unpaired) electrons. The van der Waals surface area contributed by atoms with Crippen molar-refractivity contribution in [3.63, 3.8) is 0 Å². The van der Waals surface area contributed by atoms with E-state index in [1.807, 2.05) is 17.5 Å². The second-order valence-electron chi connectivity index (χ2n) is 4.61. The van der Waals surface area contributed by atoms with Crippen LogP contribution in [0.5, 0.6) is 0 Å². The van der Waals surface area contributed by atoms with Gasteiger partial charge in [0.05, 0.1) is 16.1 Å². The van der Waals surface area contributed by atoms with Gasteiger partial charge < -0.3 is 4.98 Å². The molecule has 21 heavy (non-hydrogen) atoms. The first-order valence-electron chi connectivity index (χ1n) is 6.23. The fourth-order valence-corrected chi connectivity index (χ4v) is 2.78. The lowest BCUT2D eigenvalue weighted by molar-refractivity contribution is -0.137. The Morgan fingerprint density at radius 2 is 1.95 bits per heavy atom. The van der Waals surface area contributed by atoms with Gasteiger partial charge in [-0.2, -0.15) is 13.2 Å². The SMILES string of the molecule is Cc1[nH]c(-c2cccs2)nc1-c1cccc(C(F)(F)F)c1. The Morgan fingerprint density at radius 1 is 1.14 bits per heavy atom. The molecule has 2 aromatic heterocycles. The summed E-state index contributed by atoms with van der Waals surface area (Å²) in [5.41, 5.74) is 1.09. The van der Waals surface area contributed by atoms with Crippen LogP contribution in [0.2, 0.25) is 0 Å². The van der Waals surface area contributed by atoms with Crippen LogP contribution in [0.3, 0.4) is 0 Å². The Balaban J connectivity index is 2.05. The number of hydrogen-bond acceptors (Lipinski definition) is 2. The molecule has 0 atom stereocenters. The van der Waals surface area contributed by atoms with Gasteiger partial charge in [0, 0.05) is 11.3 Å². The molecule has 0 unspecified atom stereocenters. The van der Waals surface area contributed by atoms with Crippen molar-refractivity contribution in [1.29, 1.82) is 0 Å². The summed E-state index contributed by atoms with van der Waals surface area (Å²) in [7, 11) is 0. The zero-order valence-electron chi connectivity index (χ0n) is 11.0. The molecule has 3 aromatic rings. The average Bonchev–Trinajstić information content (AvgIpc) is 3.07. The predicted molar refractivity (Wildman–Crippen MR) is 77.1 cm³/mol. The first kappa shape index (κ1) is 13.9. The van der Waals surface area contributed by atoms with E-state index in [9.17, 15) is 13.2 Å². The number of alkyl halides is 3. The molecule has 1 aromatic carbocycles. The Morgan fingerprint density at radius 3 is 2.62 bits per heavy atom. The minimum absolute atomic E-state index is 0.460. The molecule has 0 bridgehead atoms. The maximum atomic E-state index is 12.8. The fourth-order valence-electron chi connectivity index (χ4n) is 2.11. The molecule has 0 aliphatic rings. The lowest BCUT2D eigenvalue weighted by atomic mass is 10.1. The van der Waals surface area contributed by atoms with E-state index in [4.69, 9.17) is 0 Å². The number of nitrogens with zero attached hydrogens (tertiary/aromatic N) is 1. The third-order valence-electron chi connectivity index (χ3n) is 3.10. The highest BCUT2D eigenvalue weighted by Crippen LogP contribution is 2.33. The van der Waals surface area contributed by atoms with E-state index in [0.717, 1.165) is 22.7 Å². The molecule has 108 valence electrons. The van der Waals surface area contributed by atoms with E-state index in [2.05, 4.69) is 9.97 Å². The summed E-state index contributed by atoms with van der Waals surface area (Å²) in [6.45, 7) is 1.81. The highest BCUT2D eigenvalue weighted by Gasteiger charge is 2.30. The number of rotatable bonds is 2. The van der Waals surface area contributed by atoms with E-state index in [-0.39, 0.29) is 0 Å². The van der Waals surface area contributed by atoms with Crippen LogP contribution in [0.4, 0.5) is 13.2 Å². The second-order valence-corrected chi connectivity index (χ2v) is 5.56. The average molecular weight is 308 g/mol. The molecule has 0 amide bonds. The van der Waals surface area contributed by atoms with E-state index in [1.165, 1.54) is 17.4 Å². The normalized spacial score (nSPS) is 11.8. The summed E-state index contributed by atoms with van der Waals surface area (Å²) < 4.78 is 38.4. The van der Waals surface area contributed by atoms with Crippen LogP contribution < -0.4 is 0 Å². The third-order valence-corrected chi connectivity index (χ3v) is 3.98. The smallest absolute Gasteiger partial charge is 0.341 e. The van der Waals surface area contributed by atoms with E-state index in [1.54, 1.807) is 13.0 Å². The first-order chi connectivity index (χ1) is 9.95. The summed E-state index contributed by atoms with van der Waals surface area (Å²) in [6.07, 6.45) is -4.35. The Kier molecular flexibility index (Phi) is 3.33. The van der Waals surface area contributed by atoms with Crippen molar-refractivity contribution in [1.82, 2.24) is 9.97 Å². The minimum atomic E-state index is -4.35. The zero-order chi connectivity index (χ0) is 15.0. The maximum absolute atomic E-state index is 12.8. The largest absolute Gasteiger partial charge is 0.416 e. The fraction of sp³-hybridized carbons (Fsp3) is 0.133. The Hall–Kier alpha value is -2.08. The predicted octanol–water partition coefficient (Wildman–Crippen LogP) is 5.13. The Labute approximate surface area is 123 Å². The van der Waals surface area contributed by atoms with Gasteiger partial charge in [-0.15, -0.1) is 11.3 Å². The topological polar surface area (TPSA) is 28.7 Å². The molecule has 2 nitrogen and oxygen atoms in total. The first-order valence-corrected chi connectivity index (χ1v) is 7.11. The quantitative estimate of drug-likeness (QED) is 0.698. The van der Waals surface area contributed by atoms with Gasteiger partial charge in [-0.25, -0.2) is 4.98 Å². The van der Waals surface area contributed by atoms with Crippen LogP contribution in [0, 0.1) is 6.92 Å². The standard InChI is InChI=1S/C15H11F3N2S/c1-9-13(20-14(19-9)12-6-3-7-21-12)10-4-2-5-11(8-10)15(16,17)18/h2-8H,1H3,(H,19,20). The lowest BCUT2D eigenvalue weighted by Crippen LogP contribution is -2.04. The molecule has 0 fully saturated rings. The number of halogens is 3. The number of aromatic amines is 1. The molecule has 0 aliphatic heterocycles. The van der Waals surface area contributed by atoms with Crippen molar-refractivity contribution in [2.24, 2.45) is 0 Å². The minimum Gasteiger partial charge on any atom is -0.341 e. The lowest BCUT2D eigenvalue weighted by Gasteiger charge is -2.07. The number of nitrogens with one attached hydrogen (secondary N) is 1. The molecule has 1 N–H and O–H groups in total. The molecular formula is C15H11F3N2S. The van der Waals surface area contributed by atoms with E-state index in [0.29, 0.717) is 17.1 Å². The number of imidazole rings is 1. The molecule has 6 heteroatoms. The molecule has 0 spiro atoms. The van der Waals surface area contributed by atoms with Crippen molar-refractivity contribution in [2.75, 3.05) is 0 Å². The van der Waals surface area contributed by atoms with Crippen molar-refractivity contribution in [2.45, 2.75) is 13.1 Å². The molecule has 0 saturated carbocycles. The number of aromatic nitrogens is 2. The molecule has 0 saturated heterocycles. The van der Waals surface area contributed by atoms with Crippen molar-refractivity contribution < 1.29 is 13.2 Å². The van der Waals surface area contributed by atoms with Gasteiger partial charge in [0.1, 0.15) is 5.82 Å². The van der Waals surface area contributed by atoms with E-state index >= 15 is 0 Å². The molecular weight excluding hydrogens is 297 g/mol. The van der Waals surface area contributed by atoms with Crippen LogP contribution in [0.15, 0.2) is 41.8 Å². The zero-order valence-corrected chi connectivity index (χ0v) is 11.8. The number of benzene rings is 1. The monoisotopic (exact) mass is 308 g/mol. The summed E-state index contributed by atoms with van der Waals surface area (Å²) in [5, 5.41) is 1.93. The summed E-state index contributed by atoms with van der Waals surface area (Å²) in [4.78, 5) is 8.51. The highest BCUT2D eigenvalue weighted by molar-refractivity contribution is 7.13. The van der Waals surface area contributed by atoms with Crippen LogP contribution in [-0.2, 0) is 6.18 Å². The van der Waals surface area contributed by atoms with Gasteiger partial charge in [0.25, 0.3) is 0 Å². The van der Waals surface area contributed by atoms with Crippen LogP contribution >= 0.6 is 11.3 Å². The highest BCUT2D eigenvalue weighted by atomic mass is 32.1. The van der Waals surface area contributed by atoms with Gasteiger partial charge in [0.2, 0.25) is 0 Å². The van der Waals surface area contributed by atoms with Crippen molar-refractivity contribution in [3.05, 3.63) is 53.0 Å².